The third kappa shape index (κ3) is 10.3. The van der Waals surface area contributed by atoms with Crippen LogP contribution in [0.1, 0.15) is 71.4 Å². The van der Waals surface area contributed by atoms with Crippen molar-refractivity contribution in [1.82, 2.24) is 5.32 Å². The second-order valence-corrected chi connectivity index (χ2v) is 8.90. The van der Waals surface area contributed by atoms with Crippen LogP contribution in [0.15, 0.2) is 24.3 Å². The van der Waals surface area contributed by atoms with Gasteiger partial charge in [0.15, 0.2) is 0 Å². The molecular weight excluding hydrogens is 412 g/mol. The van der Waals surface area contributed by atoms with Crippen LogP contribution in [0.4, 0.5) is 4.79 Å². The van der Waals surface area contributed by atoms with E-state index in [0.717, 1.165) is 19.3 Å². The number of unbranched alkanes of at least 4 members (excludes halogenated alkanes) is 1. The molecule has 1 aromatic rings. The molecule has 8 heteroatoms. The minimum atomic E-state index is -1.08. The number of nitriles is 1. The maximum Gasteiger partial charge on any atom is 0.408 e. The van der Waals surface area contributed by atoms with Crippen LogP contribution in [0.2, 0.25) is 0 Å². The minimum absolute atomic E-state index is 0.104. The number of hydrogen-bond acceptors (Lipinski definition) is 6. The Kier molecular flexibility index (Phi) is 10.7. The summed E-state index contributed by atoms with van der Waals surface area (Å²) >= 11 is 0. The summed E-state index contributed by atoms with van der Waals surface area (Å²) < 4.78 is 10.9. The van der Waals surface area contributed by atoms with E-state index >= 15 is 0 Å². The first-order valence-electron chi connectivity index (χ1n) is 10.9. The highest BCUT2D eigenvalue weighted by atomic mass is 16.6. The number of carboxylic acid groups (broad SMARTS) is 1. The third-order valence-electron chi connectivity index (χ3n) is 4.79. The lowest BCUT2D eigenvalue weighted by atomic mass is 9.95. The van der Waals surface area contributed by atoms with Crippen LogP contribution in [0.5, 0.6) is 0 Å². The molecule has 0 saturated heterocycles. The fourth-order valence-electron chi connectivity index (χ4n) is 3.07. The van der Waals surface area contributed by atoms with Gasteiger partial charge in [-0.1, -0.05) is 38.8 Å². The Labute approximate surface area is 189 Å². The molecule has 0 aliphatic rings. The number of carbonyl (C=O) groups is 3. The molecular formula is C24H34N2O6. The highest BCUT2D eigenvalue weighted by Crippen LogP contribution is 2.20. The van der Waals surface area contributed by atoms with E-state index < -0.39 is 35.8 Å². The van der Waals surface area contributed by atoms with Gasteiger partial charge in [-0.15, -0.1) is 0 Å². The fraction of sp³-hybridized carbons (Fsp3) is 0.583. The Hall–Kier alpha value is -3.08. The van der Waals surface area contributed by atoms with Gasteiger partial charge in [0.2, 0.25) is 0 Å². The van der Waals surface area contributed by atoms with E-state index in [-0.39, 0.29) is 18.8 Å². The average molecular weight is 447 g/mol. The summed E-state index contributed by atoms with van der Waals surface area (Å²) in [4.78, 5) is 36.6. The number of rotatable bonds is 11. The molecule has 0 fully saturated rings. The molecule has 0 bridgehead atoms. The first-order valence-corrected chi connectivity index (χ1v) is 10.9. The van der Waals surface area contributed by atoms with Crippen molar-refractivity contribution in [2.24, 2.45) is 5.92 Å². The Morgan fingerprint density at radius 1 is 1.19 bits per heavy atom. The standard InChI is InChI=1S/C24H34N2O6/c1-6-7-8-16(2)20(14-21(27)28)31-22(29)19(26-23(30)32-24(3,4)5)13-17-9-11-18(15-25)12-10-17/h9-12,16,19-20H,6-8,13-14H2,1-5H3,(H,26,30)(H,27,28)/t16-,19+,20-/m0/s1. The smallest absolute Gasteiger partial charge is 0.408 e. The topological polar surface area (TPSA) is 126 Å². The molecule has 8 nitrogen and oxygen atoms in total. The summed E-state index contributed by atoms with van der Waals surface area (Å²) in [5.41, 5.74) is 0.420. The van der Waals surface area contributed by atoms with E-state index in [2.05, 4.69) is 5.32 Å². The van der Waals surface area contributed by atoms with E-state index in [1.54, 1.807) is 45.0 Å². The zero-order valence-corrected chi connectivity index (χ0v) is 19.5. The van der Waals surface area contributed by atoms with E-state index in [1.165, 1.54) is 0 Å². The predicted molar refractivity (Wildman–Crippen MR) is 119 cm³/mol. The van der Waals surface area contributed by atoms with Crippen molar-refractivity contribution in [2.45, 2.75) is 84.5 Å². The first-order chi connectivity index (χ1) is 14.9. The number of carbonyl (C=O) groups excluding carboxylic acids is 2. The van der Waals surface area contributed by atoms with Crippen LogP contribution in [-0.4, -0.2) is 40.9 Å². The number of hydrogen-bond donors (Lipinski definition) is 2. The number of aliphatic carboxylic acids is 1. The molecule has 0 aliphatic heterocycles. The van der Waals surface area contributed by atoms with E-state index in [9.17, 15) is 19.5 Å². The quantitative estimate of drug-likeness (QED) is 0.488. The maximum atomic E-state index is 13.0. The van der Waals surface area contributed by atoms with E-state index in [1.807, 2.05) is 19.9 Å². The van der Waals surface area contributed by atoms with Gasteiger partial charge in [-0.2, -0.15) is 5.26 Å². The largest absolute Gasteiger partial charge is 0.481 e. The van der Waals surface area contributed by atoms with Crippen molar-refractivity contribution in [3.63, 3.8) is 0 Å². The van der Waals surface area contributed by atoms with Gasteiger partial charge < -0.3 is 19.9 Å². The van der Waals surface area contributed by atoms with Crippen molar-refractivity contribution >= 4 is 18.0 Å². The molecule has 176 valence electrons. The number of nitrogens with zero attached hydrogens (tertiary/aromatic N) is 1. The normalized spacial score (nSPS) is 13.9. The van der Waals surface area contributed by atoms with Crippen molar-refractivity contribution in [1.29, 1.82) is 5.26 Å². The molecule has 0 aromatic heterocycles. The van der Waals surface area contributed by atoms with E-state index in [4.69, 9.17) is 14.7 Å². The molecule has 0 saturated carbocycles. The molecule has 0 heterocycles. The SMILES string of the molecule is CCCC[C@H](C)[C@H](CC(=O)O)OC(=O)[C@@H](Cc1ccc(C#N)cc1)NC(=O)OC(C)(C)C. The molecule has 0 spiro atoms. The van der Waals surface area contributed by atoms with Gasteiger partial charge in [0.25, 0.3) is 0 Å². The number of carboxylic acids is 1. The zero-order chi connectivity index (χ0) is 24.3. The summed E-state index contributed by atoms with van der Waals surface area (Å²) in [5, 5.41) is 20.8. The monoisotopic (exact) mass is 446 g/mol. The minimum Gasteiger partial charge on any atom is -0.481 e. The van der Waals surface area contributed by atoms with Crippen LogP contribution in [0, 0.1) is 17.2 Å². The van der Waals surface area contributed by atoms with Gasteiger partial charge in [0, 0.05) is 6.42 Å². The summed E-state index contributed by atoms with van der Waals surface area (Å²) in [6.45, 7) is 9.01. The Morgan fingerprint density at radius 3 is 2.31 bits per heavy atom. The highest BCUT2D eigenvalue weighted by Gasteiger charge is 2.30. The second kappa shape index (κ2) is 12.7. The van der Waals surface area contributed by atoms with Gasteiger partial charge in [-0.25, -0.2) is 9.59 Å². The zero-order valence-electron chi connectivity index (χ0n) is 19.5. The summed E-state index contributed by atoms with van der Waals surface area (Å²) in [6.07, 6.45) is 0.762. The van der Waals surface area contributed by atoms with Crippen molar-refractivity contribution in [3.05, 3.63) is 35.4 Å². The fourth-order valence-corrected chi connectivity index (χ4v) is 3.07. The van der Waals surface area contributed by atoms with Crippen molar-refractivity contribution in [2.75, 3.05) is 0 Å². The van der Waals surface area contributed by atoms with Crippen LogP contribution in [0.25, 0.3) is 0 Å². The number of alkyl carbamates (subject to hydrolysis) is 1. The Bertz CT molecular complexity index is 807. The number of esters is 1. The number of ether oxygens (including phenoxy) is 2. The molecule has 0 aliphatic carbocycles. The second-order valence-electron chi connectivity index (χ2n) is 8.90. The summed E-state index contributed by atoms with van der Waals surface area (Å²) in [5.74, 6) is -1.93. The van der Waals surface area contributed by atoms with E-state index in [0.29, 0.717) is 11.1 Å². The molecule has 0 unspecified atom stereocenters. The molecule has 1 amide bonds. The number of amides is 1. The first kappa shape index (κ1) is 27.0. The van der Waals surface area contributed by atoms with Gasteiger partial charge >= 0.3 is 18.0 Å². The summed E-state index contributed by atoms with van der Waals surface area (Å²) in [7, 11) is 0. The average Bonchev–Trinajstić information content (AvgIpc) is 2.69. The van der Waals surface area contributed by atoms with Crippen LogP contribution < -0.4 is 5.32 Å². The summed E-state index contributed by atoms with van der Waals surface area (Å²) in [6, 6.07) is 7.56. The van der Waals surface area contributed by atoms with Gasteiger partial charge in [0.1, 0.15) is 17.7 Å². The van der Waals surface area contributed by atoms with Crippen LogP contribution in [0.3, 0.4) is 0 Å². The maximum absolute atomic E-state index is 13.0. The van der Waals surface area contributed by atoms with Crippen molar-refractivity contribution < 1.29 is 29.0 Å². The lowest BCUT2D eigenvalue weighted by Crippen LogP contribution is -2.47. The molecule has 3 atom stereocenters. The molecule has 0 radical (unpaired) electrons. The Morgan fingerprint density at radius 2 is 1.81 bits per heavy atom. The van der Waals surface area contributed by atoms with Crippen LogP contribution >= 0.6 is 0 Å². The van der Waals surface area contributed by atoms with Crippen LogP contribution in [-0.2, 0) is 25.5 Å². The molecule has 32 heavy (non-hydrogen) atoms. The Balaban J connectivity index is 3.04. The number of benzene rings is 1. The lowest BCUT2D eigenvalue weighted by molar-refractivity contribution is -0.158. The number of nitrogens with one attached hydrogen (secondary N) is 1. The van der Waals surface area contributed by atoms with Crippen molar-refractivity contribution in [3.8, 4) is 6.07 Å². The third-order valence-corrected chi connectivity index (χ3v) is 4.79. The van der Waals surface area contributed by atoms with Gasteiger partial charge in [0.05, 0.1) is 18.1 Å². The molecule has 1 aromatic carbocycles. The van der Waals surface area contributed by atoms with Gasteiger partial charge in [-0.3, -0.25) is 4.79 Å². The van der Waals surface area contributed by atoms with Gasteiger partial charge in [-0.05, 0) is 50.8 Å². The highest BCUT2D eigenvalue weighted by molar-refractivity contribution is 5.82. The molecule has 1 rings (SSSR count). The predicted octanol–water partition coefficient (Wildman–Crippen LogP) is 4.21. The molecule has 2 N–H and O–H groups in total. The lowest BCUT2D eigenvalue weighted by Gasteiger charge is -2.27.